The Morgan fingerprint density at radius 2 is 0.829 bits per heavy atom. The first-order valence-corrected chi connectivity index (χ1v) is 30.3. The number of carbonyl (C=O) groups excluding carboxylic acids is 7. The molecule has 0 unspecified atom stereocenters. The Morgan fingerprint density at radius 1 is 0.463 bits per heavy atom. The SMILES string of the molecule is CN[C@@H](C)C(=O)N[C@H]1CCCC[C@H]2CC[C@@H](C(=O)N[C@@H](c3ccccc3)c3ccc(CCCCNC(=O)NCCCCc4ccc([C@@H](NC(=O)[C@@H]5CC[C@@H]6CCCC[C@H](NC(=O)[C@H](C)NC)C(=O)N65)c5ccccc5)cc4)cc3)N2C1=O. The van der Waals surface area contributed by atoms with Crippen LogP contribution in [0.25, 0.3) is 0 Å². The van der Waals surface area contributed by atoms with Crippen LogP contribution in [0.1, 0.15) is 162 Å². The van der Waals surface area contributed by atoms with Gasteiger partial charge >= 0.3 is 6.03 Å². The van der Waals surface area contributed by atoms with Gasteiger partial charge in [-0.1, -0.05) is 135 Å². The van der Waals surface area contributed by atoms with Crippen LogP contribution in [0.4, 0.5) is 4.79 Å². The quantitative estimate of drug-likeness (QED) is 0.0346. The number of benzene rings is 4. The van der Waals surface area contributed by atoms with Crippen molar-refractivity contribution in [2.24, 2.45) is 0 Å². The maximum Gasteiger partial charge on any atom is 0.314 e. The van der Waals surface area contributed by atoms with Crippen molar-refractivity contribution < 1.29 is 33.6 Å². The summed E-state index contributed by atoms with van der Waals surface area (Å²) in [5, 5.41) is 24.4. The molecule has 8 amide bonds. The molecule has 82 heavy (non-hydrogen) atoms. The van der Waals surface area contributed by atoms with Crippen molar-refractivity contribution in [3.05, 3.63) is 143 Å². The lowest BCUT2D eigenvalue weighted by Crippen LogP contribution is -2.58. The zero-order chi connectivity index (χ0) is 58.0. The molecule has 8 N–H and O–H groups in total. The predicted molar refractivity (Wildman–Crippen MR) is 318 cm³/mol. The molecule has 8 rings (SSSR count). The number of hydrogen-bond acceptors (Lipinski definition) is 9. The number of carbonyl (C=O) groups is 7. The van der Waals surface area contributed by atoms with Gasteiger partial charge in [0.05, 0.1) is 24.2 Å². The normalized spacial score (nSPS) is 22.3. The molecule has 0 aliphatic carbocycles. The van der Waals surface area contributed by atoms with Crippen LogP contribution in [0.15, 0.2) is 109 Å². The monoisotopic (exact) mass is 1120 g/mol. The summed E-state index contributed by atoms with van der Waals surface area (Å²) >= 11 is 0. The molecule has 17 heteroatoms. The average molecular weight is 1120 g/mol. The first kappa shape index (κ1) is 61.0. The van der Waals surface area contributed by atoms with Crippen LogP contribution in [0.2, 0.25) is 0 Å². The zero-order valence-corrected chi connectivity index (χ0v) is 48.6. The van der Waals surface area contributed by atoms with Gasteiger partial charge in [0.2, 0.25) is 35.4 Å². The van der Waals surface area contributed by atoms with Crippen molar-refractivity contribution in [3.63, 3.8) is 0 Å². The fraction of sp³-hybridized carbons (Fsp3) is 0.523. The van der Waals surface area contributed by atoms with Gasteiger partial charge in [-0.25, -0.2) is 4.79 Å². The molecule has 0 aromatic heterocycles. The minimum atomic E-state index is -0.665. The Kier molecular flexibility index (Phi) is 22.5. The van der Waals surface area contributed by atoms with Gasteiger partial charge in [-0.3, -0.25) is 28.8 Å². The van der Waals surface area contributed by atoms with Crippen LogP contribution in [-0.4, -0.2) is 127 Å². The summed E-state index contributed by atoms with van der Waals surface area (Å²) < 4.78 is 0. The second kappa shape index (κ2) is 30.3. The largest absolute Gasteiger partial charge is 0.343 e. The Morgan fingerprint density at radius 3 is 1.21 bits per heavy atom. The summed E-state index contributed by atoms with van der Waals surface area (Å²) in [5.41, 5.74) is 6.08. The number of nitrogens with zero attached hydrogens (tertiary/aromatic N) is 2. The van der Waals surface area contributed by atoms with Gasteiger partial charge in [-0.05, 0) is 151 Å². The molecule has 4 saturated heterocycles. The minimum Gasteiger partial charge on any atom is -0.343 e. The molecule has 17 nitrogen and oxygen atoms in total. The third kappa shape index (κ3) is 16.1. The molecule has 4 aromatic rings. The number of rotatable bonds is 24. The lowest BCUT2D eigenvalue weighted by Gasteiger charge is -2.36. The van der Waals surface area contributed by atoms with Crippen molar-refractivity contribution in [2.75, 3.05) is 27.2 Å². The molecule has 0 bridgehead atoms. The van der Waals surface area contributed by atoms with Crippen molar-refractivity contribution in [1.82, 2.24) is 52.3 Å². The Hall–Kier alpha value is -7.11. The Labute approximate surface area is 485 Å². The molecule has 0 saturated carbocycles. The first-order chi connectivity index (χ1) is 39.8. The van der Waals surface area contributed by atoms with Crippen LogP contribution in [-0.2, 0) is 41.6 Å². The van der Waals surface area contributed by atoms with E-state index in [9.17, 15) is 33.6 Å². The van der Waals surface area contributed by atoms with Gasteiger partial charge in [-0.15, -0.1) is 0 Å². The highest BCUT2D eigenvalue weighted by molar-refractivity contribution is 5.95. The molecule has 4 aliphatic rings. The van der Waals surface area contributed by atoms with E-state index >= 15 is 0 Å². The number of nitrogens with one attached hydrogen (secondary N) is 8. The number of urea groups is 1. The minimum absolute atomic E-state index is 0.0339. The number of likely N-dealkylation sites (N-methyl/N-ethyl adjacent to an activating group) is 2. The molecule has 4 heterocycles. The molecule has 4 aromatic carbocycles. The number of hydrogen-bond donors (Lipinski definition) is 8. The highest BCUT2D eigenvalue weighted by Gasteiger charge is 2.46. The van der Waals surface area contributed by atoms with E-state index in [1.54, 1.807) is 37.7 Å². The van der Waals surface area contributed by atoms with E-state index in [2.05, 4.69) is 91.1 Å². The van der Waals surface area contributed by atoms with E-state index in [-0.39, 0.29) is 53.6 Å². The smallest absolute Gasteiger partial charge is 0.314 e. The highest BCUT2D eigenvalue weighted by atomic mass is 16.2. The van der Waals surface area contributed by atoms with E-state index in [4.69, 9.17) is 0 Å². The number of unbranched alkanes of at least 4 members (excludes halogenated alkanes) is 2. The number of fused-ring (bicyclic) bond motifs is 2. The summed E-state index contributed by atoms with van der Waals surface area (Å²) in [6.45, 7) is 4.64. The van der Waals surface area contributed by atoms with Crippen LogP contribution in [0, 0.1) is 0 Å². The van der Waals surface area contributed by atoms with Crippen molar-refractivity contribution in [3.8, 4) is 0 Å². The van der Waals surface area contributed by atoms with Gasteiger partial charge < -0.3 is 52.3 Å². The summed E-state index contributed by atoms with van der Waals surface area (Å²) in [5.74, 6) is -1.19. The lowest BCUT2D eigenvalue weighted by atomic mass is 9.96. The molecule has 0 spiro atoms. The summed E-state index contributed by atoms with van der Waals surface area (Å²) in [7, 11) is 3.43. The van der Waals surface area contributed by atoms with Crippen LogP contribution in [0.5, 0.6) is 0 Å². The number of aryl methyl sites for hydroxylation is 2. The molecular formula is C65H88N10O7. The standard InChI is InChI=1S/C65H88N10O7/c1-43(66-3)59(76)70-53-27-13-11-25-51-37-39-55(74(51)63(53)80)61(78)72-57(47-21-7-5-8-22-47)49-33-29-45(30-34-49)19-15-17-41-68-65(82)69-42-18-16-20-46-31-35-50(36-32-46)58(48-23-9-6-10-24-48)73-62(79)56-40-38-52-26-12-14-28-54(64(81)75(52)56)71-60(77)44(2)67-4/h5-10,21-24,29-36,43-44,51-58,66-67H,11-20,25-28,37-42H2,1-4H3,(H,70,76)(H,71,77)(H,72,78)(H,73,79)(H2,68,69,82)/t43-,44-,51-,52-,53-,54-,55-,56-,57-,58-/m0/s1. The van der Waals surface area contributed by atoms with Crippen LogP contribution >= 0.6 is 0 Å². The zero-order valence-electron chi connectivity index (χ0n) is 48.6. The summed E-state index contributed by atoms with van der Waals surface area (Å²) in [6.07, 6.45) is 14.1. The van der Waals surface area contributed by atoms with Gasteiger partial charge in [0.25, 0.3) is 0 Å². The van der Waals surface area contributed by atoms with E-state index in [0.29, 0.717) is 38.8 Å². The molecule has 10 atom stereocenters. The highest BCUT2D eigenvalue weighted by Crippen LogP contribution is 2.35. The predicted octanol–water partition coefficient (Wildman–Crippen LogP) is 6.80. The fourth-order valence-electron chi connectivity index (χ4n) is 12.3. The molecule has 4 aliphatic heterocycles. The van der Waals surface area contributed by atoms with Gasteiger partial charge in [-0.2, -0.15) is 0 Å². The van der Waals surface area contributed by atoms with E-state index in [1.165, 1.54) is 0 Å². The number of amides is 8. The second-order valence-corrected chi connectivity index (χ2v) is 23.0. The van der Waals surface area contributed by atoms with Gasteiger partial charge in [0.15, 0.2) is 0 Å². The van der Waals surface area contributed by atoms with E-state index in [1.807, 2.05) is 60.7 Å². The molecule has 440 valence electrons. The maximum absolute atomic E-state index is 14.3. The topological polar surface area (TPSA) is 222 Å². The molecular weight excluding hydrogens is 1030 g/mol. The molecule has 0 radical (unpaired) electrons. The summed E-state index contributed by atoms with van der Waals surface area (Å²) in [6, 6.07) is 31.9. The lowest BCUT2D eigenvalue weighted by molar-refractivity contribution is -0.144. The summed E-state index contributed by atoms with van der Waals surface area (Å²) in [4.78, 5) is 98.7. The van der Waals surface area contributed by atoms with Gasteiger partial charge in [0, 0.05) is 25.2 Å². The van der Waals surface area contributed by atoms with E-state index < -0.39 is 48.3 Å². The molecule has 4 fully saturated rings. The van der Waals surface area contributed by atoms with Crippen molar-refractivity contribution in [1.29, 1.82) is 0 Å². The van der Waals surface area contributed by atoms with Crippen molar-refractivity contribution >= 4 is 41.5 Å². The maximum atomic E-state index is 14.3. The Balaban J connectivity index is 0.758. The van der Waals surface area contributed by atoms with Gasteiger partial charge in [0.1, 0.15) is 24.2 Å². The van der Waals surface area contributed by atoms with Crippen LogP contribution in [0.3, 0.4) is 0 Å². The van der Waals surface area contributed by atoms with Crippen LogP contribution < -0.4 is 42.5 Å². The van der Waals surface area contributed by atoms with E-state index in [0.717, 1.165) is 123 Å². The fourth-order valence-corrected chi connectivity index (χ4v) is 12.3. The third-order valence-corrected chi connectivity index (χ3v) is 17.4. The second-order valence-electron chi connectivity index (χ2n) is 23.0. The third-order valence-electron chi connectivity index (χ3n) is 17.4. The Bertz CT molecular complexity index is 2560. The first-order valence-electron chi connectivity index (χ1n) is 30.3. The average Bonchev–Trinajstić information content (AvgIpc) is 4.22. The van der Waals surface area contributed by atoms with Crippen molar-refractivity contribution in [2.45, 2.75) is 190 Å².